The van der Waals surface area contributed by atoms with Crippen LogP contribution in [0.5, 0.6) is 0 Å². The van der Waals surface area contributed by atoms with Gasteiger partial charge >= 0.3 is 26.2 Å². The fourth-order valence-electron chi connectivity index (χ4n) is 0.348. The van der Waals surface area contributed by atoms with E-state index in [1.165, 1.54) is 11.2 Å². The van der Waals surface area contributed by atoms with Crippen LogP contribution in [-0.2, 0) is 26.2 Å². The van der Waals surface area contributed by atoms with Crippen molar-refractivity contribution < 1.29 is 51.0 Å². The van der Waals surface area contributed by atoms with Gasteiger partial charge in [-0.2, -0.15) is 0 Å². The first-order chi connectivity index (χ1) is 3.27. The van der Waals surface area contributed by atoms with E-state index in [-0.39, 0.29) is 60.5 Å². The van der Waals surface area contributed by atoms with Crippen LogP contribution in [-0.4, -0.2) is 9.52 Å². The number of rotatable bonds is 3. The van der Waals surface area contributed by atoms with E-state index in [4.69, 9.17) is 0 Å². The van der Waals surface area contributed by atoms with Gasteiger partial charge in [-0.25, -0.2) is 0 Å². The summed E-state index contributed by atoms with van der Waals surface area (Å²) in [5.74, 6) is 0. The molecule has 0 N–H and O–H groups in total. The van der Waals surface area contributed by atoms with Crippen LogP contribution < -0.4 is 24.8 Å². The summed E-state index contributed by atoms with van der Waals surface area (Å²) in [7, 11) is 0.0336. The molecule has 4 heteroatoms. The molecule has 0 radical (unpaired) electrons. The van der Waals surface area contributed by atoms with Gasteiger partial charge in [-0.1, -0.05) is 11.3 Å². The molecule has 0 rings (SSSR count). The maximum atomic E-state index is 3.81. The van der Waals surface area contributed by atoms with Crippen LogP contribution in [0.3, 0.4) is 0 Å². The van der Waals surface area contributed by atoms with Crippen LogP contribution in [0.25, 0.3) is 0 Å². The van der Waals surface area contributed by atoms with Crippen molar-refractivity contribution in [3.05, 3.63) is 24.4 Å². The van der Waals surface area contributed by atoms with Crippen molar-refractivity contribution in [1.82, 2.24) is 0 Å². The van der Waals surface area contributed by atoms with E-state index >= 15 is 0 Å². The summed E-state index contributed by atoms with van der Waals surface area (Å²) in [5, 5.41) is 1.37. The third-order valence-corrected chi connectivity index (χ3v) is 2.33. The van der Waals surface area contributed by atoms with E-state index in [2.05, 4.69) is 20.1 Å². The van der Waals surface area contributed by atoms with Crippen molar-refractivity contribution in [2.75, 3.05) is 0 Å². The second-order valence-electron chi connectivity index (χ2n) is 1.78. The summed E-state index contributed by atoms with van der Waals surface area (Å²) in [6, 6.07) is 1.20. The predicted octanol–water partition coefficient (Wildman–Crippen LogP) is -4.70. The van der Waals surface area contributed by atoms with Gasteiger partial charge in [0.2, 0.25) is 0 Å². The van der Waals surface area contributed by atoms with Gasteiger partial charge in [0, 0.05) is 0 Å². The number of hydrogen-bond acceptors (Lipinski definition) is 0. The van der Waals surface area contributed by atoms with E-state index in [0.717, 1.165) is 0 Å². The van der Waals surface area contributed by atoms with Crippen molar-refractivity contribution in [2.45, 2.75) is 13.0 Å². The van der Waals surface area contributed by atoms with E-state index in [1.54, 1.807) is 0 Å². The Hall–Kier alpha value is 1.16. The monoisotopic (exact) mass is 272 g/mol. The van der Waals surface area contributed by atoms with E-state index in [9.17, 15) is 0 Å². The van der Waals surface area contributed by atoms with Crippen LogP contribution in [0.1, 0.15) is 6.92 Å². The van der Waals surface area contributed by atoms with Gasteiger partial charge in [-0.05, 0) is 13.0 Å². The van der Waals surface area contributed by atoms with Gasteiger partial charge in [0.25, 0.3) is 0 Å². The Bertz CT molecular complexity index is 85.8. The van der Waals surface area contributed by atoms with E-state index < -0.39 is 0 Å². The molecule has 10 heavy (non-hydrogen) atoms. The van der Waals surface area contributed by atoms with Gasteiger partial charge in [0.05, 0.1) is 9.52 Å². The molecule has 0 aromatic carbocycles. The fourth-order valence-corrected chi connectivity index (χ4v) is 1.05. The minimum Gasteiger partial charge on any atom is -1.00 e. The summed E-state index contributed by atoms with van der Waals surface area (Å²) in [4.78, 5) is 0. The molecule has 0 saturated carbocycles. The standard InChI is InChI=1S/C6H12Si.2ClH.Zr/c1-4-5-7-6(2)3;;;/h4H,1-2,5,7H2,3H3;2*1H;/q;;;+2/p-2. The maximum Gasteiger partial charge on any atom is 2.00 e. The smallest absolute Gasteiger partial charge is 1.00 e. The van der Waals surface area contributed by atoms with Crippen molar-refractivity contribution in [3.8, 4) is 0 Å². The second-order valence-corrected chi connectivity index (χ2v) is 4.07. The Labute approximate surface area is 97.3 Å². The summed E-state index contributed by atoms with van der Waals surface area (Å²) in [6.45, 7) is 9.53. The Morgan fingerprint density at radius 3 is 2.00 bits per heavy atom. The SMILES string of the molecule is C=CC[SiH2]C(=C)C.[Cl-].[Cl-].[Zr+2]. The molecule has 0 spiro atoms. The van der Waals surface area contributed by atoms with Crippen molar-refractivity contribution >= 4 is 9.52 Å². The number of hydrogen-bond donors (Lipinski definition) is 0. The minimum atomic E-state index is 0. The molecule has 0 amide bonds. The van der Waals surface area contributed by atoms with E-state index in [0.29, 0.717) is 0 Å². The summed E-state index contributed by atoms with van der Waals surface area (Å²) in [5.41, 5.74) is 0. The molecule has 0 aliphatic rings. The number of allylic oxidation sites excluding steroid dienone is 2. The first kappa shape index (κ1) is 22.5. The molecular formula is C6H12Cl2SiZr. The molecule has 0 atom stereocenters. The Morgan fingerprint density at radius 2 is 1.90 bits per heavy atom. The molecule has 0 aliphatic heterocycles. The van der Waals surface area contributed by atoms with E-state index in [1.807, 2.05) is 6.08 Å². The largest absolute Gasteiger partial charge is 2.00 e. The molecule has 0 aromatic heterocycles. The molecule has 58 valence electrons. The van der Waals surface area contributed by atoms with Crippen LogP contribution in [0, 0.1) is 0 Å². The van der Waals surface area contributed by atoms with Crippen LogP contribution in [0.2, 0.25) is 6.04 Å². The van der Waals surface area contributed by atoms with Crippen LogP contribution in [0.4, 0.5) is 0 Å². The summed E-state index contributed by atoms with van der Waals surface area (Å²) in [6.07, 6.45) is 1.97. The summed E-state index contributed by atoms with van der Waals surface area (Å²) < 4.78 is 0. The van der Waals surface area contributed by atoms with Gasteiger partial charge in [0.15, 0.2) is 0 Å². The Balaban J connectivity index is -0.0000000600. The molecule has 0 heterocycles. The maximum absolute atomic E-state index is 3.81. The third-order valence-electron chi connectivity index (χ3n) is 0.775. The quantitative estimate of drug-likeness (QED) is 0.358. The molecule has 0 nitrogen and oxygen atoms in total. The molecule has 0 unspecified atom stereocenters. The fraction of sp³-hybridized carbons (Fsp3) is 0.333. The first-order valence-corrected chi connectivity index (χ1v) is 4.23. The topological polar surface area (TPSA) is 0 Å². The zero-order valence-electron chi connectivity index (χ0n) is 6.16. The molecule has 0 bridgehead atoms. The Kier molecular flexibility index (Phi) is 37.4. The van der Waals surface area contributed by atoms with Gasteiger partial charge in [0.1, 0.15) is 0 Å². The van der Waals surface area contributed by atoms with Crippen molar-refractivity contribution in [1.29, 1.82) is 0 Å². The normalized spacial score (nSPS) is 6.90. The van der Waals surface area contributed by atoms with Crippen molar-refractivity contribution in [3.63, 3.8) is 0 Å². The zero-order valence-corrected chi connectivity index (χ0v) is 11.5. The molecular weight excluding hydrogens is 262 g/mol. The zero-order chi connectivity index (χ0) is 5.70. The minimum absolute atomic E-state index is 0. The predicted molar refractivity (Wildman–Crippen MR) is 38.4 cm³/mol. The number of halogens is 2. The average Bonchev–Trinajstić information content (AvgIpc) is 1.61. The average molecular weight is 274 g/mol. The van der Waals surface area contributed by atoms with Crippen LogP contribution in [0.15, 0.2) is 24.4 Å². The first-order valence-electron chi connectivity index (χ1n) is 2.52. The summed E-state index contributed by atoms with van der Waals surface area (Å²) >= 11 is 0. The second kappa shape index (κ2) is 16.6. The van der Waals surface area contributed by atoms with Crippen molar-refractivity contribution in [2.24, 2.45) is 0 Å². The van der Waals surface area contributed by atoms with Gasteiger partial charge in [-0.3, -0.25) is 0 Å². The third kappa shape index (κ3) is 22.9. The van der Waals surface area contributed by atoms with Gasteiger partial charge in [-0.15, -0.1) is 13.2 Å². The molecule has 0 aromatic rings. The van der Waals surface area contributed by atoms with Crippen LogP contribution >= 0.6 is 0 Å². The molecule has 0 fully saturated rings. The Morgan fingerprint density at radius 1 is 1.50 bits per heavy atom. The molecule has 0 aliphatic carbocycles. The van der Waals surface area contributed by atoms with Gasteiger partial charge < -0.3 is 24.8 Å². The molecule has 0 saturated heterocycles.